The van der Waals surface area contributed by atoms with Gasteiger partial charge in [0.2, 0.25) is 0 Å². The van der Waals surface area contributed by atoms with Crippen LogP contribution in [0.1, 0.15) is 37.7 Å². The fourth-order valence-corrected chi connectivity index (χ4v) is 2.63. The van der Waals surface area contributed by atoms with Crippen molar-refractivity contribution < 1.29 is 14.5 Å². The lowest BCUT2D eigenvalue weighted by molar-refractivity contribution is -0.384. The molecule has 2 rings (SSSR count). The molecular weight excluding hydrogens is 298 g/mol. The van der Waals surface area contributed by atoms with Crippen LogP contribution >= 0.6 is 0 Å². The van der Waals surface area contributed by atoms with E-state index < -0.39 is 4.92 Å². The van der Waals surface area contributed by atoms with E-state index in [1.807, 2.05) is 0 Å². The summed E-state index contributed by atoms with van der Waals surface area (Å²) in [4.78, 5) is 22.1. The normalized spacial score (nSPS) is 17.5. The number of hydrogen-bond donors (Lipinski definition) is 2. The Kier molecular flexibility index (Phi) is 6.34. The number of anilines is 1. The number of nitro groups is 1. The highest BCUT2D eigenvalue weighted by molar-refractivity contribution is 5.90. The van der Waals surface area contributed by atoms with Gasteiger partial charge in [-0.3, -0.25) is 10.1 Å². The van der Waals surface area contributed by atoms with Gasteiger partial charge in [0.15, 0.2) is 0 Å². The SMILES string of the molecule is Cc1cc([N+](=O)[O-])ccc1NC(=O)NCCCC1CCCCO1. The molecule has 2 N–H and O–H groups in total. The molecule has 0 radical (unpaired) electrons. The molecule has 1 aromatic carbocycles. The molecule has 1 aromatic rings. The number of non-ortho nitro benzene ring substituents is 1. The summed E-state index contributed by atoms with van der Waals surface area (Å²) in [5, 5.41) is 16.2. The molecule has 0 bridgehead atoms. The van der Waals surface area contributed by atoms with Crippen LogP contribution < -0.4 is 10.6 Å². The molecule has 1 aliphatic heterocycles. The second-order valence-corrected chi connectivity index (χ2v) is 5.77. The smallest absolute Gasteiger partial charge is 0.319 e. The largest absolute Gasteiger partial charge is 0.378 e. The van der Waals surface area contributed by atoms with Gasteiger partial charge in [-0.2, -0.15) is 0 Å². The number of carbonyl (C=O) groups excluding carboxylic acids is 1. The number of nitrogens with one attached hydrogen (secondary N) is 2. The molecule has 0 aliphatic carbocycles. The van der Waals surface area contributed by atoms with Gasteiger partial charge in [-0.05, 0) is 50.7 Å². The summed E-state index contributed by atoms with van der Waals surface area (Å²) in [6.45, 7) is 3.15. The highest BCUT2D eigenvalue weighted by Gasteiger charge is 2.13. The Morgan fingerprint density at radius 3 is 2.91 bits per heavy atom. The van der Waals surface area contributed by atoms with E-state index in [0.717, 1.165) is 32.3 Å². The second kappa shape index (κ2) is 8.47. The molecule has 7 nitrogen and oxygen atoms in total. The van der Waals surface area contributed by atoms with Crippen LogP contribution in [0.3, 0.4) is 0 Å². The second-order valence-electron chi connectivity index (χ2n) is 5.77. The van der Waals surface area contributed by atoms with Gasteiger partial charge in [0.25, 0.3) is 5.69 Å². The van der Waals surface area contributed by atoms with Crippen LogP contribution in [-0.4, -0.2) is 30.2 Å². The predicted octanol–water partition coefficient (Wildman–Crippen LogP) is 3.37. The first-order valence-corrected chi connectivity index (χ1v) is 7.98. The van der Waals surface area contributed by atoms with E-state index >= 15 is 0 Å². The molecule has 0 saturated carbocycles. The summed E-state index contributed by atoms with van der Waals surface area (Å²) in [6.07, 6.45) is 5.62. The van der Waals surface area contributed by atoms with Crippen molar-refractivity contribution in [2.24, 2.45) is 0 Å². The minimum atomic E-state index is -0.454. The molecule has 23 heavy (non-hydrogen) atoms. The maximum atomic E-state index is 11.8. The average molecular weight is 321 g/mol. The van der Waals surface area contributed by atoms with Crippen LogP contribution in [0, 0.1) is 17.0 Å². The van der Waals surface area contributed by atoms with Crippen LogP contribution in [0.25, 0.3) is 0 Å². The summed E-state index contributed by atoms with van der Waals surface area (Å²) in [5.74, 6) is 0. The Morgan fingerprint density at radius 2 is 2.26 bits per heavy atom. The molecule has 7 heteroatoms. The van der Waals surface area contributed by atoms with E-state index in [0.29, 0.717) is 23.9 Å². The van der Waals surface area contributed by atoms with Crippen LogP contribution in [0.5, 0.6) is 0 Å². The van der Waals surface area contributed by atoms with E-state index in [-0.39, 0.29) is 11.7 Å². The number of aryl methyl sites for hydroxylation is 1. The number of carbonyl (C=O) groups is 1. The van der Waals surface area contributed by atoms with Crippen molar-refractivity contribution in [1.29, 1.82) is 0 Å². The fraction of sp³-hybridized carbons (Fsp3) is 0.562. The fourth-order valence-electron chi connectivity index (χ4n) is 2.63. The van der Waals surface area contributed by atoms with Crippen LogP contribution in [0.4, 0.5) is 16.2 Å². The maximum absolute atomic E-state index is 11.8. The van der Waals surface area contributed by atoms with Gasteiger partial charge in [-0.15, -0.1) is 0 Å². The third-order valence-electron chi connectivity index (χ3n) is 3.93. The Hall–Kier alpha value is -2.15. The lowest BCUT2D eigenvalue weighted by atomic mass is 10.0. The zero-order chi connectivity index (χ0) is 16.7. The van der Waals surface area contributed by atoms with Crippen molar-refractivity contribution in [3.8, 4) is 0 Å². The monoisotopic (exact) mass is 321 g/mol. The van der Waals surface area contributed by atoms with Crippen molar-refractivity contribution in [3.05, 3.63) is 33.9 Å². The first-order chi connectivity index (χ1) is 11.1. The van der Waals surface area contributed by atoms with Gasteiger partial charge in [-0.25, -0.2) is 4.79 Å². The van der Waals surface area contributed by atoms with Crippen molar-refractivity contribution >= 4 is 17.4 Å². The lowest BCUT2D eigenvalue weighted by Crippen LogP contribution is -2.30. The minimum Gasteiger partial charge on any atom is -0.378 e. The Labute approximate surface area is 135 Å². The van der Waals surface area contributed by atoms with E-state index in [4.69, 9.17) is 4.74 Å². The van der Waals surface area contributed by atoms with E-state index in [1.165, 1.54) is 18.6 Å². The number of hydrogen-bond acceptors (Lipinski definition) is 4. The number of nitrogens with zero attached hydrogens (tertiary/aromatic N) is 1. The number of urea groups is 1. The number of benzene rings is 1. The number of amides is 2. The lowest BCUT2D eigenvalue weighted by Gasteiger charge is -2.22. The highest BCUT2D eigenvalue weighted by Crippen LogP contribution is 2.21. The van der Waals surface area contributed by atoms with Crippen molar-refractivity contribution in [2.45, 2.75) is 45.1 Å². The summed E-state index contributed by atoms with van der Waals surface area (Å²) >= 11 is 0. The zero-order valence-electron chi connectivity index (χ0n) is 13.3. The van der Waals surface area contributed by atoms with Crippen molar-refractivity contribution in [1.82, 2.24) is 5.32 Å². The Bertz CT molecular complexity index is 556. The third kappa shape index (κ3) is 5.52. The van der Waals surface area contributed by atoms with Gasteiger partial charge in [0.1, 0.15) is 0 Å². The standard InChI is InChI=1S/C16H23N3O4/c1-12-11-13(19(21)22)7-8-15(12)18-16(20)17-9-4-6-14-5-2-3-10-23-14/h7-8,11,14H,2-6,9-10H2,1H3,(H2,17,18,20). The maximum Gasteiger partial charge on any atom is 0.319 e. The van der Waals surface area contributed by atoms with Crippen LogP contribution in [0.2, 0.25) is 0 Å². The summed E-state index contributed by atoms with van der Waals surface area (Å²) < 4.78 is 5.64. The molecule has 0 aromatic heterocycles. The molecular formula is C16H23N3O4. The van der Waals surface area contributed by atoms with Crippen molar-refractivity contribution in [3.63, 3.8) is 0 Å². The molecule has 1 heterocycles. The molecule has 1 fully saturated rings. The highest BCUT2D eigenvalue weighted by atomic mass is 16.6. The van der Waals surface area contributed by atoms with Crippen LogP contribution in [-0.2, 0) is 4.74 Å². The van der Waals surface area contributed by atoms with Gasteiger partial charge in [-0.1, -0.05) is 0 Å². The Balaban J connectivity index is 1.71. The van der Waals surface area contributed by atoms with Crippen molar-refractivity contribution in [2.75, 3.05) is 18.5 Å². The summed E-state index contributed by atoms with van der Waals surface area (Å²) in [5.41, 5.74) is 1.25. The molecule has 2 amide bonds. The van der Waals surface area contributed by atoms with Crippen LogP contribution in [0.15, 0.2) is 18.2 Å². The van der Waals surface area contributed by atoms with E-state index in [1.54, 1.807) is 13.0 Å². The van der Waals surface area contributed by atoms with Gasteiger partial charge in [0, 0.05) is 31.0 Å². The molecule has 1 atom stereocenters. The zero-order valence-corrected chi connectivity index (χ0v) is 13.3. The minimum absolute atomic E-state index is 0.0148. The van der Waals surface area contributed by atoms with Gasteiger partial charge >= 0.3 is 6.03 Å². The van der Waals surface area contributed by atoms with Gasteiger partial charge in [0.05, 0.1) is 11.0 Å². The van der Waals surface area contributed by atoms with Gasteiger partial charge < -0.3 is 15.4 Å². The average Bonchev–Trinajstić information content (AvgIpc) is 2.54. The predicted molar refractivity (Wildman–Crippen MR) is 87.7 cm³/mol. The third-order valence-corrected chi connectivity index (χ3v) is 3.93. The number of ether oxygens (including phenoxy) is 1. The quantitative estimate of drug-likeness (QED) is 0.477. The van der Waals surface area contributed by atoms with E-state index in [9.17, 15) is 14.9 Å². The van der Waals surface area contributed by atoms with E-state index in [2.05, 4.69) is 10.6 Å². The molecule has 1 saturated heterocycles. The molecule has 126 valence electrons. The number of nitro benzene ring substituents is 1. The molecule has 0 spiro atoms. The topological polar surface area (TPSA) is 93.5 Å². The number of rotatable bonds is 6. The Morgan fingerprint density at radius 1 is 1.43 bits per heavy atom. The molecule has 1 aliphatic rings. The summed E-state index contributed by atoms with van der Waals surface area (Å²) in [6, 6.07) is 4.06. The first kappa shape index (κ1) is 17.2. The summed E-state index contributed by atoms with van der Waals surface area (Å²) in [7, 11) is 0. The molecule has 1 unspecified atom stereocenters. The first-order valence-electron chi connectivity index (χ1n) is 7.98.